The van der Waals surface area contributed by atoms with Crippen molar-refractivity contribution in [3.8, 4) is 5.75 Å². The van der Waals surface area contributed by atoms with E-state index in [0.717, 1.165) is 7.11 Å². The third-order valence-corrected chi connectivity index (χ3v) is 2.77. The number of hydrogen-bond donors (Lipinski definition) is 0. The van der Waals surface area contributed by atoms with Gasteiger partial charge in [0.1, 0.15) is 11.7 Å². The number of esters is 1. The molecule has 6 heteroatoms. The van der Waals surface area contributed by atoms with Crippen molar-refractivity contribution in [3.63, 3.8) is 0 Å². The minimum atomic E-state index is -1.48. The van der Waals surface area contributed by atoms with Crippen LogP contribution in [0, 0.1) is 23.4 Å². The maximum atomic E-state index is 13.8. The van der Waals surface area contributed by atoms with Gasteiger partial charge >= 0.3 is 5.97 Å². The van der Waals surface area contributed by atoms with Crippen molar-refractivity contribution in [3.05, 3.63) is 29.1 Å². The molecule has 0 aliphatic carbocycles. The second kappa shape index (κ2) is 5.95. The standard InChI is InChI=1S/C13H15F3O3/c1-6(2)7(3)19-13(17)8-5-9(14)11(16)12(18-4)10(8)15/h5-7H,1-4H3. The first kappa shape index (κ1) is 15.3. The fourth-order valence-corrected chi connectivity index (χ4v) is 1.28. The van der Waals surface area contributed by atoms with Crippen molar-refractivity contribution in [1.82, 2.24) is 0 Å². The molecule has 0 radical (unpaired) electrons. The number of methoxy groups -OCH3 is 1. The highest BCUT2D eigenvalue weighted by Gasteiger charge is 2.26. The summed E-state index contributed by atoms with van der Waals surface area (Å²) in [4.78, 5) is 11.7. The Morgan fingerprint density at radius 1 is 1.16 bits per heavy atom. The third-order valence-electron chi connectivity index (χ3n) is 2.77. The van der Waals surface area contributed by atoms with E-state index in [-0.39, 0.29) is 5.92 Å². The first-order chi connectivity index (χ1) is 8.79. The molecule has 0 amide bonds. The molecule has 19 heavy (non-hydrogen) atoms. The lowest BCUT2D eigenvalue weighted by Crippen LogP contribution is -2.21. The van der Waals surface area contributed by atoms with Crippen LogP contribution in [-0.2, 0) is 4.74 Å². The molecule has 3 nitrogen and oxygen atoms in total. The van der Waals surface area contributed by atoms with Gasteiger partial charge in [-0.25, -0.2) is 13.6 Å². The summed E-state index contributed by atoms with van der Waals surface area (Å²) in [5.41, 5.74) is -0.691. The number of ether oxygens (including phenoxy) is 2. The van der Waals surface area contributed by atoms with E-state index in [2.05, 4.69) is 4.74 Å². The van der Waals surface area contributed by atoms with E-state index in [1.807, 2.05) is 0 Å². The minimum Gasteiger partial charge on any atom is -0.491 e. The van der Waals surface area contributed by atoms with Gasteiger partial charge in [0.2, 0.25) is 5.82 Å². The van der Waals surface area contributed by atoms with E-state index < -0.39 is 40.8 Å². The second-order valence-electron chi connectivity index (χ2n) is 4.42. The summed E-state index contributed by atoms with van der Waals surface area (Å²) in [6.45, 7) is 5.23. The number of carbonyl (C=O) groups is 1. The van der Waals surface area contributed by atoms with Crippen molar-refractivity contribution >= 4 is 5.97 Å². The molecule has 1 aromatic carbocycles. The molecule has 1 atom stereocenters. The van der Waals surface area contributed by atoms with Crippen molar-refractivity contribution in [2.45, 2.75) is 26.9 Å². The predicted octanol–water partition coefficient (Wildman–Crippen LogP) is 3.31. The van der Waals surface area contributed by atoms with Gasteiger partial charge in [0.25, 0.3) is 0 Å². The van der Waals surface area contributed by atoms with E-state index >= 15 is 0 Å². The van der Waals surface area contributed by atoms with Gasteiger partial charge in [-0.15, -0.1) is 0 Å². The highest BCUT2D eigenvalue weighted by atomic mass is 19.2. The molecule has 1 rings (SSSR count). The van der Waals surface area contributed by atoms with Gasteiger partial charge in [-0.1, -0.05) is 13.8 Å². The number of rotatable bonds is 4. The van der Waals surface area contributed by atoms with Crippen LogP contribution < -0.4 is 4.74 Å². The van der Waals surface area contributed by atoms with Gasteiger partial charge in [-0.2, -0.15) is 4.39 Å². The maximum absolute atomic E-state index is 13.8. The summed E-state index contributed by atoms with van der Waals surface area (Å²) in [6, 6.07) is 0.461. The van der Waals surface area contributed by atoms with Gasteiger partial charge in [0.15, 0.2) is 17.4 Å². The van der Waals surface area contributed by atoms with Crippen LogP contribution in [0.2, 0.25) is 0 Å². The van der Waals surface area contributed by atoms with Crippen molar-refractivity contribution < 1.29 is 27.4 Å². The van der Waals surface area contributed by atoms with Crippen LogP contribution in [0.3, 0.4) is 0 Å². The fourth-order valence-electron chi connectivity index (χ4n) is 1.28. The summed E-state index contributed by atoms with van der Waals surface area (Å²) in [7, 11) is 0.979. The number of carbonyl (C=O) groups excluding carboxylic acids is 1. The van der Waals surface area contributed by atoms with E-state index in [0.29, 0.717) is 6.07 Å². The van der Waals surface area contributed by atoms with Gasteiger partial charge in [0, 0.05) is 0 Å². The second-order valence-corrected chi connectivity index (χ2v) is 4.42. The molecule has 0 aliphatic heterocycles. The Labute approximate surface area is 109 Å². The van der Waals surface area contributed by atoms with Crippen molar-refractivity contribution in [1.29, 1.82) is 0 Å². The lowest BCUT2D eigenvalue weighted by molar-refractivity contribution is 0.0231. The quantitative estimate of drug-likeness (QED) is 0.625. The zero-order valence-corrected chi connectivity index (χ0v) is 11.1. The van der Waals surface area contributed by atoms with E-state index in [4.69, 9.17) is 4.74 Å². The lowest BCUT2D eigenvalue weighted by atomic mass is 10.1. The summed E-state index contributed by atoms with van der Waals surface area (Å²) in [5, 5.41) is 0. The molecule has 1 aromatic rings. The third kappa shape index (κ3) is 3.19. The smallest absolute Gasteiger partial charge is 0.341 e. The van der Waals surface area contributed by atoms with Gasteiger partial charge in [0.05, 0.1) is 7.11 Å². The molecule has 0 aliphatic rings. The molecular weight excluding hydrogens is 261 g/mol. The molecule has 0 saturated heterocycles. The fraction of sp³-hybridized carbons (Fsp3) is 0.462. The summed E-state index contributed by atoms with van der Waals surface area (Å²) in [6.07, 6.45) is -0.481. The summed E-state index contributed by atoms with van der Waals surface area (Å²) in [5.74, 6) is -6.11. The molecule has 0 fully saturated rings. The van der Waals surface area contributed by atoms with Crippen LogP contribution in [-0.4, -0.2) is 19.2 Å². The molecule has 0 N–H and O–H groups in total. The monoisotopic (exact) mass is 276 g/mol. The Morgan fingerprint density at radius 3 is 2.21 bits per heavy atom. The molecule has 0 aromatic heterocycles. The van der Waals surface area contributed by atoms with Crippen LogP contribution >= 0.6 is 0 Å². The van der Waals surface area contributed by atoms with Crippen LogP contribution in [0.25, 0.3) is 0 Å². The average Bonchev–Trinajstić information content (AvgIpc) is 2.34. The zero-order chi connectivity index (χ0) is 14.7. The van der Waals surface area contributed by atoms with Crippen molar-refractivity contribution in [2.75, 3.05) is 7.11 Å². The molecule has 0 saturated carbocycles. The van der Waals surface area contributed by atoms with E-state index in [1.165, 1.54) is 0 Å². The highest BCUT2D eigenvalue weighted by Crippen LogP contribution is 2.27. The number of halogens is 3. The Bertz CT molecular complexity index is 487. The molecular formula is C13H15F3O3. The van der Waals surface area contributed by atoms with Crippen molar-refractivity contribution in [2.24, 2.45) is 5.92 Å². The number of hydrogen-bond acceptors (Lipinski definition) is 3. The molecule has 106 valence electrons. The Balaban J connectivity index is 3.14. The SMILES string of the molecule is COc1c(F)c(F)cc(C(=O)OC(C)C(C)C)c1F. The van der Waals surface area contributed by atoms with Crippen LogP contribution in [0.1, 0.15) is 31.1 Å². The average molecular weight is 276 g/mol. The Hall–Kier alpha value is -1.72. The topological polar surface area (TPSA) is 35.5 Å². The van der Waals surface area contributed by atoms with E-state index in [9.17, 15) is 18.0 Å². The first-order valence-corrected chi connectivity index (χ1v) is 5.72. The zero-order valence-electron chi connectivity index (χ0n) is 11.1. The van der Waals surface area contributed by atoms with Gasteiger partial charge in [-0.05, 0) is 18.9 Å². The van der Waals surface area contributed by atoms with Crippen LogP contribution in [0.4, 0.5) is 13.2 Å². The van der Waals surface area contributed by atoms with Gasteiger partial charge in [-0.3, -0.25) is 0 Å². The Kier molecular flexibility index (Phi) is 4.80. The normalized spacial score (nSPS) is 12.4. The largest absolute Gasteiger partial charge is 0.491 e. The molecule has 0 bridgehead atoms. The highest BCUT2D eigenvalue weighted by molar-refractivity contribution is 5.90. The van der Waals surface area contributed by atoms with Crippen LogP contribution in [0.15, 0.2) is 6.07 Å². The summed E-state index contributed by atoms with van der Waals surface area (Å²) >= 11 is 0. The summed E-state index contributed by atoms with van der Waals surface area (Å²) < 4.78 is 49.6. The predicted molar refractivity (Wildman–Crippen MR) is 62.6 cm³/mol. The lowest BCUT2D eigenvalue weighted by Gasteiger charge is -2.17. The first-order valence-electron chi connectivity index (χ1n) is 5.72. The maximum Gasteiger partial charge on any atom is 0.341 e. The van der Waals surface area contributed by atoms with Gasteiger partial charge < -0.3 is 9.47 Å². The molecule has 0 heterocycles. The van der Waals surface area contributed by atoms with Crippen LogP contribution in [0.5, 0.6) is 5.75 Å². The minimum absolute atomic E-state index is 0.0132. The number of benzene rings is 1. The van der Waals surface area contributed by atoms with E-state index in [1.54, 1.807) is 20.8 Å². The Morgan fingerprint density at radius 2 is 1.74 bits per heavy atom. The molecule has 1 unspecified atom stereocenters. The molecule has 0 spiro atoms.